The quantitative estimate of drug-likeness (QED) is 0.754. The normalized spacial score (nSPS) is 10.2. The molecule has 0 radical (unpaired) electrons. The number of ether oxygens (including phenoxy) is 1. The first-order valence-electron chi connectivity index (χ1n) is 6.45. The average molecular weight is 287 g/mol. The molecule has 0 unspecified atom stereocenters. The van der Waals surface area contributed by atoms with E-state index in [1.165, 1.54) is 6.07 Å². The van der Waals surface area contributed by atoms with Gasteiger partial charge in [0.1, 0.15) is 5.75 Å². The van der Waals surface area contributed by atoms with Crippen molar-refractivity contribution in [1.29, 1.82) is 0 Å². The lowest BCUT2D eigenvalue weighted by Crippen LogP contribution is -2.22. The average Bonchev–Trinajstić information content (AvgIpc) is 2.51. The summed E-state index contributed by atoms with van der Waals surface area (Å²) in [6.45, 7) is 1.96. The Morgan fingerprint density at radius 1 is 1.10 bits per heavy atom. The first-order chi connectivity index (χ1) is 10.0. The maximum Gasteiger partial charge on any atom is 0.255 e. The van der Waals surface area contributed by atoms with Crippen molar-refractivity contribution in [3.05, 3.63) is 53.1 Å². The van der Waals surface area contributed by atoms with Crippen LogP contribution in [-0.2, 0) is 6.54 Å². The summed E-state index contributed by atoms with van der Waals surface area (Å²) in [6.07, 6.45) is 0. The standard InChI is InChI=1S/C16H17NO4/c1-10-3-8-13(15(19)14(10)18)16(20)17-9-11-4-6-12(21-2)7-5-11/h3-8,18-19H,9H2,1-2H3,(H,17,20). The molecule has 0 aliphatic heterocycles. The lowest BCUT2D eigenvalue weighted by molar-refractivity contribution is 0.0947. The number of methoxy groups -OCH3 is 1. The largest absolute Gasteiger partial charge is 0.504 e. The van der Waals surface area contributed by atoms with Gasteiger partial charge in [0.15, 0.2) is 11.5 Å². The molecule has 5 nitrogen and oxygen atoms in total. The Morgan fingerprint density at radius 3 is 2.38 bits per heavy atom. The molecule has 0 spiro atoms. The summed E-state index contributed by atoms with van der Waals surface area (Å²) in [5, 5.41) is 22.1. The van der Waals surface area contributed by atoms with Gasteiger partial charge in [-0.15, -0.1) is 0 Å². The highest BCUT2D eigenvalue weighted by atomic mass is 16.5. The Hall–Kier alpha value is -2.69. The molecule has 0 aliphatic carbocycles. The molecule has 0 saturated carbocycles. The van der Waals surface area contributed by atoms with Gasteiger partial charge in [-0.25, -0.2) is 0 Å². The number of aryl methyl sites for hydroxylation is 1. The molecule has 2 aromatic rings. The van der Waals surface area contributed by atoms with Gasteiger partial charge in [0, 0.05) is 6.54 Å². The summed E-state index contributed by atoms with van der Waals surface area (Å²) in [6, 6.07) is 10.3. The Bertz CT molecular complexity index is 650. The first kappa shape index (κ1) is 14.7. The van der Waals surface area contributed by atoms with Crippen molar-refractivity contribution in [2.45, 2.75) is 13.5 Å². The molecule has 0 fully saturated rings. The Labute approximate surface area is 122 Å². The molecule has 0 aliphatic rings. The van der Waals surface area contributed by atoms with Crippen molar-refractivity contribution >= 4 is 5.91 Å². The van der Waals surface area contributed by atoms with Crippen LogP contribution in [0.4, 0.5) is 0 Å². The van der Waals surface area contributed by atoms with E-state index in [1.54, 1.807) is 32.2 Å². The van der Waals surface area contributed by atoms with Crippen LogP contribution in [0.2, 0.25) is 0 Å². The van der Waals surface area contributed by atoms with Crippen molar-refractivity contribution < 1.29 is 19.7 Å². The molecule has 0 heterocycles. The van der Waals surface area contributed by atoms with Gasteiger partial charge in [0.2, 0.25) is 0 Å². The maximum atomic E-state index is 12.0. The van der Waals surface area contributed by atoms with Crippen molar-refractivity contribution in [2.75, 3.05) is 7.11 Å². The Morgan fingerprint density at radius 2 is 1.76 bits per heavy atom. The van der Waals surface area contributed by atoms with E-state index in [1.807, 2.05) is 12.1 Å². The van der Waals surface area contributed by atoms with Crippen LogP contribution in [0, 0.1) is 6.92 Å². The van der Waals surface area contributed by atoms with Gasteiger partial charge in [-0.1, -0.05) is 18.2 Å². The molecular weight excluding hydrogens is 270 g/mol. The van der Waals surface area contributed by atoms with Gasteiger partial charge in [0.05, 0.1) is 12.7 Å². The third kappa shape index (κ3) is 3.25. The van der Waals surface area contributed by atoms with Crippen molar-refractivity contribution in [3.8, 4) is 17.2 Å². The summed E-state index contributed by atoms with van der Waals surface area (Å²) >= 11 is 0. The maximum absolute atomic E-state index is 12.0. The van der Waals surface area contributed by atoms with Crippen LogP contribution >= 0.6 is 0 Å². The number of phenols is 2. The number of aromatic hydroxyl groups is 2. The highest BCUT2D eigenvalue weighted by Crippen LogP contribution is 2.31. The monoisotopic (exact) mass is 287 g/mol. The fourth-order valence-corrected chi connectivity index (χ4v) is 1.88. The number of carbonyl (C=O) groups is 1. The first-order valence-corrected chi connectivity index (χ1v) is 6.45. The number of phenolic OH excluding ortho intramolecular Hbond substituents is 2. The molecule has 0 bridgehead atoms. The van der Waals surface area contributed by atoms with E-state index in [-0.39, 0.29) is 11.3 Å². The van der Waals surface area contributed by atoms with E-state index in [2.05, 4.69) is 5.32 Å². The molecule has 0 aromatic heterocycles. The van der Waals surface area contributed by atoms with Crippen LogP contribution in [0.3, 0.4) is 0 Å². The fourth-order valence-electron chi connectivity index (χ4n) is 1.88. The molecule has 110 valence electrons. The summed E-state index contributed by atoms with van der Waals surface area (Å²) < 4.78 is 5.06. The number of nitrogens with one attached hydrogen (secondary N) is 1. The molecule has 0 atom stereocenters. The molecule has 5 heteroatoms. The second-order valence-corrected chi connectivity index (χ2v) is 4.66. The van der Waals surface area contributed by atoms with E-state index >= 15 is 0 Å². The van der Waals surface area contributed by atoms with E-state index in [0.717, 1.165) is 11.3 Å². The summed E-state index contributed by atoms with van der Waals surface area (Å²) in [5.74, 6) is -0.376. The highest BCUT2D eigenvalue weighted by molar-refractivity contribution is 5.97. The second kappa shape index (κ2) is 6.17. The van der Waals surface area contributed by atoms with Gasteiger partial charge < -0.3 is 20.3 Å². The smallest absolute Gasteiger partial charge is 0.255 e. The second-order valence-electron chi connectivity index (χ2n) is 4.66. The third-order valence-electron chi connectivity index (χ3n) is 3.21. The Kier molecular flexibility index (Phi) is 4.33. The molecule has 2 rings (SSSR count). The van der Waals surface area contributed by atoms with Crippen LogP contribution < -0.4 is 10.1 Å². The minimum absolute atomic E-state index is 0.0478. The number of amides is 1. The minimum Gasteiger partial charge on any atom is -0.504 e. The molecular formula is C16H17NO4. The number of hydrogen-bond donors (Lipinski definition) is 3. The zero-order valence-corrected chi connectivity index (χ0v) is 11.9. The van der Waals surface area contributed by atoms with E-state index in [4.69, 9.17) is 4.74 Å². The van der Waals surface area contributed by atoms with Crippen LogP contribution in [0.5, 0.6) is 17.2 Å². The van der Waals surface area contributed by atoms with Crippen molar-refractivity contribution in [2.24, 2.45) is 0 Å². The lowest BCUT2D eigenvalue weighted by atomic mass is 10.1. The molecule has 1 amide bonds. The zero-order valence-electron chi connectivity index (χ0n) is 11.9. The summed E-state index contributed by atoms with van der Waals surface area (Å²) in [5.41, 5.74) is 1.46. The number of hydrogen-bond acceptors (Lipinski definition) is 4. The van der Waals surface area contributed by atoms with Gasteiger partial charge >= 0.3 is 0 Å². The Balaban J connectivity index is 2.06. The number of benzene rings is 2. The van der Waals surface area contributed by atoms with Crippen molar-refractivity contribution in [1.82, 2.24) is 5.32 Å². The summed E-state index contributed by atoms with van der Waals surface area (Å²) in [4.78, 5) is 12.0. The lowest BCUT2D eigenvalue weighted by Gasteiger charge is -2.09. The van der Waals surface area contributed by atoms with E-state index in [0.29, 0.717) is 12.1 Å². The predicted molar refractivity (Wildman–Crippen MR) is 78.7 cm³/mol. The van der Waals surface area contributed by atoms with Crippen molar-refractivity contribution in [3.63, 3.8) is 0 Å². The third-order valence-corrected chi connectivity index (χ3v) is 3.21. The van der Waals surface area contributed by atoms with Crippen LogP contribution in [0.15, 0.2) is 36.4 Å². The van der Waals surface area contributed by atoms with Gasteiger partial charge in [0.25, 0.3) is 5.91 Å². The van der Waals surface area contributed by atoms with Crippen LogP contribution in [0.1, 0.15) is 21.5 Å². The van der Waals surface area contributed by atoms with Crippen LogP contribution in [-0.4, -0.2) is 23.2 Å². The molecule has 0 saturated heterocycles. The number of rotatable bonds is 4. The van der Waals surface area contributed by atoms with E-state index < -0.39 is 11.7 Å². The van der Waals surface area contributed by atoms with E-state index in [9.17, 15) is 15.0 Å². The fraction of sp³-hybridized carbons (Fsp3) is 0.188. The molecule has 3 N–H and O–H groups in total. The topological polar surface area (TPSA) is 78.8 Å². The SMILES string of the molecule is COc1ccc(CNC(=O)c2ccc(C)c(O)c2O)cc1. The van der Waals surface area contributed by atoms with Crippen LogP contribution in [0.25, 0.3) is 0 Å². The number of carbonyl (C=O) groups excluding carboxylic acids is 1. The molecule has 21 heavy (non-hydrogen) atoms. The predicted octanol–water partition coefficient (Wildman–Crippen LogP) is 2.34. The highest BCUT2D eigenvalue weighted by Gasteiger charge is 2.15. The minimum atomic E-state index is -0.446. The van der Waals surface area contributed by atoms with Gasteiger partial charge in [-0.05, 0) is 36.2 Å². The summed E-state index contributed by atoms with van der Waals surface area (Å²) in [7, 11) is 1.59. The zero-order chi connectivity index (χ0) is 15.4. The van der Waals surface area contributed by atoms with Gasteiger partial charge in [-0.2, -0.15) is 0 Å². The molecule has 2 aromatic carbocycles. The van der Waals surface area contributed by atoms with Gasteiger partial charge in [-0.3, -0.25) is 4.79 Å².